The molecule has 0 aromatic carbocycles. The molecule has 0 aliphatic heterocycles. The van der Waals surface area contributed by atoms with Crippen molar-refractivity contribution in [3.8, 4) is 0 Å². The van der Waals surface area contributed by atoms with E-state index in [9.17, 15) is 9.59 Å². The number of carbonyl (C=O) groups is 2. The summed E-state index contributed by atoms with van der Waals surface area (Å²) in [6.07, 6.45) is 7.43. The predicted molar refractivity (Wildman–Crippen MR) is 77.1 cm³/mol. The van der Waals surface area contributed by atoms with Crippen LogP contribution in [-0.2, 0) is 9.59 Å². The van der Waals surface area contributed by atoms with Crippen LogP contribution in [0.25, 0.3) is 0 Å². The van der Waals surface area contributed by atoms with E-state index >= 15 is 0 Å². The number of rotatable bonds is 7. The molecule has 0 aromatic rings. The summed E-state index contributed by atoms with van der Waals surface area (Å²) < 4.78 is 0. The fourth-order valence-corrected chi connectivity index (χ4v) is 3.61. The van der Waals surface area contributed by atoms with Crippen LogP contribution >= 0.6 is 0 Å². The summed E-state index contributed by atoms with van der Waals surface area (Å²) in [6.45, 7) is 4.65. The van der Waals surface area contributed by atoms with Gasteiger partial charge in [-0.1, -0.05) is 26.0 Å². The van der Waals surface area contributed by atoms with E-state index < -0.39 is 5.97 Å². The van der Waals surface area contributed by atoms with Crippen LogP contribution in [0.15, 0.2) is 12.2 Å². The molecular formula is C16H25NO3. The lowest BCUT2D eigenvalue weighted by atomic mass is 9.91. The molecule has 0 saturated heterocycles. The van der Waals surface area contributed by atoms with Gasteiger partial charge in [0, 0.05) is 18.9 Å². The number of carbonyl (C=O) groups excluding carboxylic acids is 1. The molecule has 2 aliphatic rings. The molecule has 0 heterocycles. The molecule has 2 rings (SSSR count). The minimum Gasteiger partial charge on any atom is -0.481 e. The second kappa shape index (κ2) is 6.42. The Morgan fingerprint density at radius 3 is 2.55 bits per heavy atom. The van der Waals surface area contributed by atoms with Gasteiger partial charge in [-0.25, -0.2) is 0 Å². The topological polar surface area (TPSA) is 66.4 Å². The van der Waals surface area contributed by atoms with E-state index in [1.54, 1.807) is 0 Å². The molecule has 0 radical (unpaired) electrons. The molecule has 0 aromatic heterocycles. The minimum atomic E-state index is -0.784. The lowest BCUT2D eigenvalue weighted by molar-refractivity contribution is -0.138. The normalized spacial score (nSPS) is 28.9. The van der Waals surface area contributed by atoms with Gasteiger partial charge in [-0.3, -0.25) is 9.59 Å². The Balaban J connectivity index is 1.80. The number of aliphatic carboxylic acids is 1. The molecule has 1 amide bonds. The molecule has 4 nitrogen and oxygen atoms in total. The SMILES string of the molecule is CC(C)C[C@H](CNC(=O)C1CC2C=CC1C2)CC(=O)O. The summed E-state index contributed by atoms with van der Waals surface area (Å²) in [4.78, 5) is 23.1. The first-order valence-corrected chi connectivity index (χ1v) is 7.63. The lowest BCUT2D eigenvalue weighted by Gasteiger charge is -2.21. The van der Waals surface area contributed by atoms with E-state index in [-0.39, 0.29) is 24.2 Å². The van der Waals surface area contributed by atoms with Crippen molar-refractivity contribution in [1.29, 1.82) is 0 Å². The molecule has 4 atom stereocenters. The number of allylic oxidation sites excluding steroid dienone is 2. The second-order valence-corrected chi connectivity index (χ2v) is 6.73. The zero-order chi connectivity index (χ0) is 14.7. The lowest BCUT2D eigenvalue weighted by Crippen LogP contribution is -2.36. The predicted octanol–water partition coefficient (Wildman–Crippen LogP) is 2.45. The molecule has 20 heavy (non-hydrogen) atoms. The summed E-state index contributed by atoms with van der Waals surface area (Å²) in [7, 11) is 0. The third kappa shape index (κ3) is 3.84. The number of amides is 1. The molecule has 1 fully saturated rings. The number of hydrogen-bond acceptors (Lipinski definition) is 2. The molecule has 3 unspecified atom stereocenters. The third-order valence-electron chi connectivity index (χ3n) is 4.45. The van der Waals surface area contributed by atoms with Crippen molar-refractivity contribution < 1.29 is 14.7 Å². The fourth-order valence-electron chi connectivity index (χ4n) is 3.61. The molecule has 2 N–H and O–H groups in total. The highest BCUT2D eigenvalue weighted by Gasteiger charge is 2.39. The zero-order valence-corrected chi connectivity index (χ0v) is 12.3. The summed E-state index contributed by atoms with van der Waals surface area (Å²) in [5, 5.41) is 11.9. The van der Waals surface area contributed by atoms with Crippen LogP contribution < -0.4 is 5.32 Å². The Morgan fingerprint density at radius 2 is 2.05 bits per heavy atom. The molecule has 2 bridgehead atoms. The van der Waals surface area contributed by atoms with Crippen molar-refractivity contribution >= 4 is 11.9 Å². The van der Waals surface area contributed by atoms with Crippen molar-refractivity contribution in [2.45, 2.75) is 39.5 Å². The molecule has 4 heteroatoms. The fraction of sp³-hybridized carbons (Fsp3) is 0.750. The van der Waals surface area contributed by atoms with Gasteiger partial charge in [0.15, 0.2) is 0 Å². The molecular weight excluding hydrogens is 254 g/mol. The first-order valence-electron chi connectivity index (χ1n) is 7.63. The van der Waals surface area contributed by atoms with Gasteiger partial charge in [-0.15, -0.1) is 0 Å². The summed E-state index contributed by atoms with van der Waals surface area (Å²) >= 11 is 0. The first-order chi connectivity index (χ1) is 9.45. The number of carboxylic acid groups (broad SMARTS) is 1. The molecule has 112 valence electrons. The Kier molecular flexibility index (Phi) is 4.84. The highest BCUT2D eigenvalue weighted by molar-refractivity contribution is 5.80. The Morgan fingerprint density at radius 1 is 1.30 bits per heavy atom. The molecule has 1 saturated carbocycles. The number of hydrogen-bond donors (Lipinski definition) is 2. The Hall–Kier alpha value is -1.32. The van der Waals surface area contributed by atoms with Crippen molar-refractivity contribution in [3.05, 3.63) is 12.2 Å². The molecule has 0 spiro atoms. The maximum absolute atomic E-state index is 12.2. The smallest absolute Gasteiger partial charge is 0.303 e. The summed E-state index contributed by atoms with van der Waals surface area (Å²) in [6, 6.07) is 0. The van der Waals surface area contributed by atoms with Gasteiger partial charge in [-0.05, 0) is 42.9 Å². The van der Waals surface area contributed by atoms with Crippen LogP contribution in [-0.4, -0.2) is 23.5 Å². The number of fused-ring (bicyclic) bond motifs is 2. The third-order valence-corrected chi connectivity index (χ3v) is 4.45. The van der Waals surface area contributed by atoms with E-state index in [0.29, 0.717) is 24.3 Å². The monoisotopic (exact) mass is 279 g/mol. The number of nitrogens with one attached hydrogen (secondary N) is 1. The van der Waals surface area contributed by atoms with Crippen LogP contribution in [0, 0.1) is 29.6 Å². The highest BCUT2D eigenvalue weighted by atomic mass is 16.4. The van der Waals surface area contributed by atoms with Crippen molar-refractivity contribution in [1.82, 2.24) is 5.32 Å². The van der Waals surface area contributed by atoms with E-state index in [2.05, 4.69) is 31.3 Å². The Labute approximate surface area is 120 Å². The van der Waals surface area contributed by atoms with Gasteiger partial charge < -0.3 is 10.4 Å². The standard InChI is InChI=1S/C16H25NO3/c1-10(2)5-12(8-15(18)19)9-17-16(20)14-7-11-3-4-13(14)6-11/h3-4,10-14H,5-9H2,1-2H3,(H,17,20)(H,18,19)/t11?,12-,13?,14?/m0/s1. The van der Waals surface area contributed by atoms with E-state index in [0.717, 1.165) is 19.3 Å². The van der Waals surface area contributed by atoms with Crippen molar-refractivity contribution in [2.24, 2.45) is 29.6 Å². The first kappa shape index (κ1) is 15.1. The maximum Gasteiger partial charge on any atom is 0.303 e. The van der Waals surface area contributed by atoms with Crippen LogP contribution in [0.2, 0.25) is 0 Å². The van der Waals surface area contributed by atoms with Gasteiger partial charge in [0.05, 0.1) is 0 Å². The van der Waals surface area contributed by atoms with Crippen LogP contribution in [0.4, 0.5) is 0 Å². The largest absolute Gasteiger partial charge is 0.481 e. The van der Waals surface area contributed by atoms with E-state index in [1.807, 2.05) is 0 Å². The maximum atomic E-state index is 12.2. The van der Waals surface area contributed by atoms with Gasteiger partial charge in [0.2, 0.25) is 5.91 Å². The Bertz CT molecular complexity index is 403. The summed E-state index contributed by atoms with van der Waals surface area (Å²) in [5.41, 5.74) is 0. The number of carboxylic acids is 1. The van der Waals surface area contributed by atoms with Gasteiger partial charge in [-0.2, -0.15) is 0 Å². The van der Waals surface area contributed by atoms with E-state index in [4.69, 9.17) is 5.11 Å². The van der Waals surface area contributed by atoms with E-state index in [1.165, 1.54) is 0 Å². The summed E-state index contributed by atoms with van der Waals surface area (Å²) in [5.74, 6) is 0.903. The quantitative estimate of drug-likeness (QED) is 0.703. The molecule has 2 aliphatic carbocycles. The van der Waals surface area contributed by atoms with Crippen LogP contribution in [0.1, 0.15) is 39.5 Å². The van der Waals surface area contributed by atoms with Gasteiger partial charge in [0.25, 0.3) is 0 Å². The highest BCUT2D eigenvalue weighted by Crippen LogP contribution is 2.43. The van der Waals surface area contributed by atoms with Gasteiger partial charge in [0.1, 0.15) is 0 Å². The average Bonchev–Trinajstić information content (AvgIpc) is 2.96. The minimum absolute atomic E-state index is 0.0329. The van der Waals surface area contributed by atoms with Crippen molar-refractivity contribution in [3.63, 3.8) is 0 Å². The van der Waals surface area contributed by atoms with Gasteiger partial charge >= 0.3 is 5.97 Å². The average molecular weight is 279 g/mol. The zero-order valence-electron chi connectivity index (χ0n) is 12.3. The van der Waals surface area contributed by atoms with Crippen LogP contribution in [0.5, 0.6) is 0 Å². The van der Waals surface area contributed by atoms with Crippen molar-refractivity contribution in [2.75, 3.05) is 6.54 Å². The second-order valence-electron chi connectivity index (χ2n) is 6.73. The van der Waals surface area contributed by atoms with Crippen LogP contribution in [0.3, 0.4) is 0 Å².